The van der Waals surface area contributed by atoms with Crippen LogP contribution in [0, 0.1) is 12.8 Å². The predicted molar refractivity (Wildman–Crippen MR) is 91.6 cm³/mol. The first-order valence-corrected chi connectivity index (χ1v) is 9.60. The van der Waals surface area contributed by atoms with Gasteiger partial charge in [-0.05, 0) is 64.5 Å². The van der Waals surface area contributed by atoms with Crippen LogP contribution < -0.4 is 0 Å². The van der Waals surface area contributed by atoms with E-state index in [0.29, 0.717) is 17.9 Å². The highest BCUT2D eigenvalue weighted by Crippen LogP contribution is 2.32. The molecular weight excluding hydrogens is 302 g/mol. The zero-order chi connectivity index (χ0) is 16.5. The summed E-state index contributed by atoms with van der Waals surface area (Å²) in [5.41, 5.74) is 0. The first-order chi connectivity index (χ1) is 11.7. The van der Waals surface area contributed by atoms with Crippen molar-refractivity contribution in [3.8, 4) is 0 Å². The summed E-state index contributed by atoms with van der Waals surface area (Å²) in [6.07, 6.45) is 7.81. The van der Waals surface area contributed by atoms with Crippen molar-refractivity contribution < 1.29 is 4.79 Å². The smallest absolute Gasteiger partial charge is 0.222 e. The number of hydrogen-bond donors (Lipinski definition) is 1. The number of nitrogens with zero attached hydrogens (tertiary/aromatic N) is 4. The third-order valence-electron chi connectivity index (χ3n) is 5.98. The lowest BCUT2D eigenvalue weighted by molar-refractivity contribution is -0.130. The van der Waals surface area contributed by atoms with Gasteiger partial charge < -0.3 is 9.80 Å². The summed E-state index contributed by atoms with van der Waals surface area (Å²) in [5.74, 6) is 3.57. The number of aromatic amines is 1. The van der Waals surface area contributed by atoms with E-state index >= 15 is 0 Å². The molecule has 1 aromatic heterocycles. The minimum absolute atomic E-state index is 0.385. The molecule has 0 aromatic carbocycles. The second-order valence-electron chi connectivity index (χ2n) is 7.85. The zero-order valence-electron chi connectivity index (χ0n) is 14.7. The molecule has 24 heavy (non-hydrogen) atoms. The van der Waals surface area contributed by atoms with E-state index in [1.54, 1.807) is 0 Å². The van der Waals surface area contributed by atoms with Crippen molar-refractivity contribution in [1.82, 2.24) is 25.0 Å². The van der Waals surface area contributed by atoms with Crippen LogP contribution in [0.3, 0.4) is 0 Å². The molecule has 2 aliphatic heterocycles. The van der Waals surface area contributed by atoms with Crippen LogP contribution in [0.15, 0.2) is 0 Å². The third-order valence-corrected chi connectivity index (χ3v) is 5.98. The number of nitrogens with one attached hydrogen (secondary N) is 1. The number of carbonyl (C=O) groups is 1. The molecule has 1 saturated carbocycles. The normalized spacial score (nSPS) is 27.5. The first-order valence-electron chi connectivity index (χ1n) is 9.60. The molecule has 1 N–H and O–H groups in total. The molecule has 3 fully saturated rings. The number of H-pyrrole nitrogens is 1. The van der Waals surface area contributed by atoms with E-state index < -0.39 is 0 Å². The maximum absolute atomic E-state index is 12.3. The number of piperidine rings is 1. The van der Waals surface area contributed by atoms with Crippen molar-refractivity contribution in [2.75, 3.05) is 26.2 Å². The Kier molecular flexibility index (Phi) is 4.57. The Bertz CT molecular complexity index is 574. The van der Waals surface area contributed by atoms with Gasteiger partial charge in [0.15, 0.2) is 5.82 Å². The number of carbonyl (C=O) groups excluding carboxylic acids is 1. The van der Waals surface area contributed by atoms with E-state index in [2.05, 4.69) is 25.0 Å². The Balaban J connectivity index is 1.29. The first kappa shape index (κ1) is 16.1. The number of aryl methyl sites for hydroxylation is 1. The van der Waals surface area contributed by atoms with Gasteiger partial charge in [-0.1, -0.05) is 0 Å². The predicted octanol–water partition coefficient (Wildman–Crippen LogP) is 2.08. The van der Waals surface area contributed by atoms with Crippen LogP contribution in [0.2, 0.25) is 0 Å². The van der Waals surface area contributed by atoms with Gasteiger partial charge in [-0.25, -0.2) is 4.98 Å². The fourth-order valence-corrected chi connectivity index (χ4v) is 4.26. The molecule has 1 amide bonds. The lowest BCUT2D eigenvalue weighted by atomic mass is 9.94. The highest BCUT2D eigenvalue weighted by atomic mass is 16.2. The second-order valence-corrected chi connectivity index (χ2v) is 7.85. The topological polar surface area (TPSA) is 65.1 Å². The summed E-state index contributed by atoms with van der Waals surface area (Å²) < 4.78 is 0. The van der Waals surface area contributed by atoms with Gasteiger partial charge in [0, 0.05) is 31.5 Å². The van der Waals surface area contributed by atoms with Crippen LogP contribution in [-0.2, 0) is 4.79 Å². The summed E-state index contributed by atoms with van der Waals surface area (Å²) in [6.45, 7) is 6.15. The molecule has 1 atom stereocenters. The van der Waals surface area contributed by atoms with Crippen LogP contribution in [0.5, 0.6) is 0 Å². The van der Waals surface area contributed by atoms with Crippen LogP contribution in [0.25, 0.3) is 0 Å². The van der Waals surface area contributed by atoms with E-state index in [1.807, 2.05) is 6.92 Å². The van der Waals surface area contributed by atoms with Crippen molar-refractivity contribution >= 4 is 5.91 Å². The molecule has 0 unspecified atom stereocenters. The average Bonchev–Trinajstić information content (AvgIpc) is 3.34. The number of aromatic nitrogens is 3. The molecule has 6 nitrogen and oxygen atoms in total. The van der Waals surface area contributed by atoms with Crippen molar-refractivity contribution in [2.45, 2.75) is 63.8 Å². The lowest BCUT2D eigenvalue weighted by Crippen LogP contribution is -2.41. The molecule has 6 heteroatoms. The largest absolute Gasteiger partial charge is 0.342 e. The highest BCUT2D eigenvalue weighted by molar-refractivity contribution is 5.76. The van der Waals surface area contributed by atoms with Crippen molar-refractivity contribution in [1.29, 1.82) is 0 Å². The molecule has 2 saturated heterocycles. The molecule has 0 bridgehead atoms. The Hall–Kier alpha value is -1.43. The standard InChI is InChI=1S/C18H29N5O/c1-13-19-18(21-20-13)15-6-9-22(10-7-15)16-4-5-17(24)23(11-8-16)12-14-2-3-14/h14-16H,2-12H2,1H3,(H,19,20,21)/t16-/m0/s1. The maximum atomic E-state index is 12.3. The van der Waals surface area contributed by atoms with Gasteiger partial charge in [-0.2, -0.15) is 5.10 Å². The van der Waals surface area contributed by atoms with Gasteiger partial charge in [-0.3, -0.25) is 9.89 Å². The summed E-state index contributed by atoms with van der Waals surface area (Å²) in [6, 6.07) is 0.577. The Morgan fingerprint density at radius 1 is 1.08 bits per heavy atom. The van der Waals surface area contributed by atoms with Gasteiger partial charge >= 0.3 is 0 Å². The molecule has 1 aliphatic carbocycles. The van der Waals surface area contributed by atoms with Gasteiger partial charge in [0.1, 0.15) is 5.82 Å². The average molecular weight is 331 g/mol. The van der Waals surface area contributed by atoms with Crippen molar-refractivity contribution in [3.63, 3.8) is 0 Å². The van der Waals surface area contributed by atoms with E-state index in [9.17, 15) is 4.79 Å². The molecular formula is C18H29N5O. The number of hydrogen-bond acceptors (Lipinski definition) is 4. The molecule has 4 rings (SSSR count). The number of amides is 1. The van der Waals surface area contributed by atoms with Crippen LogP contribution in [0.4, 0.5) is 0 Å². The van der Waals surface area contributed by atoms with Gasteiger partial charge in [0.25, 0.3) is 0 Å². The lowest BCUT2D eigenvalue weighted by Gasteiger charge is -2.36. The summed E-state index contributed by atoms with van der Waals surface area (Å²) in [5, 5.41) is 7.30. The van der Waals surface area contributed by atoms with Crippen LogP contribution in [0.1, 0.15) is 62.5 Å². The fraction of sp³-hybridized carbons (Fsp3) is 0.833. The van der Waals surface area contributed by atoms with Crippen LogP contribution in [-0.4, -0.2) is 63.1 Å². The molecule has 132 valence electrons. The number of rotatable bonds is 4. The van der Waals surface area contributed by atoms with Gasteiger partial charge in [0.2, 0.25) is 5.91 Å². The molecule has 3 heterocycles. The summed E-state index contributed by atoms with van der Waals surface area (Å²) in [4.78, 5) is 21.6. The van der Waals surface area contributed by atoms with Crippen LogP contribution >= 0.6 is 0 Å². The maximum Gasteiger partial charge on any atom is 0.222 e. The van der Waals surface area contributed by atoms with Gasteiger partial charge in [-0.15, -0.1) is 0 Å². The fourth-order valence-electron chi connectivity index (χ4n) is 4.26. The molecule has 3 aliphatic rings. The van der Waals surface area contributed by atoms with Gasteiger partial charge in [0.05, 0.1) is 0 Å². The summed E-state index contributed by atoms with van der Waals surface area (Å²) >= 11 is 0. The van der Waals surface area contributed by atoms with Crippen molar-refractivity contribution in [2.24, 2.45) is 5.92 Å². The highest BCUT2D eigenvalue weighted by Gasteiger charge is 2.32. The van der Waals surface area contributed by atoms with E-state index in [4.69, 9.17) is 0 Å². The Labute approximate surface area is 144 Å². The van der Waals surface area contributed by atoms with E-state index in [0.717, 1.165) is 75.8 Å². The molecule has 1 aromatic rings. The Morgan fingerprint density at radius 2 is 1.88 bits per heavy atom. The summed E-state index contributed by atoms with van der Waals surface area (Å²) in [7, 11) is 0. The third kappa shape index (κ3) is 3.63. The number of likely N-dealkylation sites (tertiary alicyclic amines) is 2. The minimum atomic E-state index is 0.385. The quantitative estimate of drug-likeness (QED) is 0.917. The monoisotopic (exact) mass is 331 g/mol. The molecule has 0 radical (unpaired) electrons. The molecule has 0 spiro atoms. The zero-order valence-corrected chi connectivity index (χ0v) is 14.7. The SMILES string of the molecule is Cc1nc(C2CCN([C@H]3CCC(=O)N(CC4CC4)CC3)CC2)n[nH]1. The minimum Gasteiger partial charge on any atom is -0.342 e. The van der Waals surface area contributed by atoms with E-state index in [1.165, 1.54) is 12.8 Å². The Morgan fingerprint density at radius 3 is 2.54 bits per heavy atom. The van der Waals surface area contributed by atoms with Crippen molar-refractivity contribution in [3.05, 3.63) is 11.6 Å². The second kappa shape index (κ2) is 6.82. The van der Waals surface area contributed by atoms with E-state index in [-0.39, 0.29) is 0 Å².